The molecule has 43 heavy (non-hydrogen) atoms. The van der Waals surface area contributed by atoms with Crippen molar-refractivity contribution in [3.05, 3.63) is 59.2 Å². The highest BCUT2D eigenvalue weighted by Crippen LogP contribution is 2.52. The van der Waals surface area contributed by atoms with Gasteiger partial charge in [-0.2, -0.15) is 0 Å². The van der Waals surface area contributed by atoms with Crippen molar-refractivity contribution in [3.63, 3.8) is 0 Å². The van der Waals surface area contributed by atoms with Crippen LogP contribution in [0.4, 0.5) is 0 Å². The third-order valence-electron chi connectivity index (χ3n) is 9.81. The molecule has 0 N–H and O–H groups in total. The van der Waals surface area contributed by atoms with Crippen LogP contribution in [0.5, 0.6) is 11.5 Å². The molecule has 2 saturated carbocycles. The Balaban J connectivity index is 1.63. The molecule has 2 fully saturated rings. The summed E-state index contributed by atoms with van der Waals surface area (Å²) in [6, 6.07) is 14.9. The van der Waals surface area contributed by atoms with E-state index in [1.807, 2.05) is 20.8 Å². The van der Waals surface area contributed by atoms with Gasteiger partial charge in [0.25, 0.3) is 0 Å². The van der Waals surface area contributed by atoms with Crippen molar-refractivity contribution in [3.8, 4) is 11.5 Å². The number of carbonyl (C=O) groups excluding carboxylic acids is 2. The zero-order chi connectivity index (χ0) is 31.2. The van der Waals surface area contributed by atoms with E-state index in [9.17, 15) is 9.59 Å². The highest BCUT2D eigenvalue weighted by atomic mass is 16.5. The fourth-order valence-electron chi connectivity index (χ4n) is 7.10. The molecule has 4 rings (SSSR count). The first-order valence-corrected chi connectivity index (χ1v) is 16.6. The third kappa shape index (κ3) is 8.29. The van der Waals surface area contributed by atoms with Gasteiger partial charge < -0.3 is 14.2 Å². The molecular weight excluding hydrogens is 536 g/mol. The Morgan fingerprint density at radius 3 is 2.07 bits per heavy atom. The number of hydrogen-bond donors (Lipinski definition) is 0. The first kappa shape index (κ1) is 33.2. The van der Waals surface area contributed by atoms with Gasteiger partial charge in [-0.3, -0.25) is 9.59 Å². The molecule has 0 saturated heterocycles. The van der Waals surface area contributed by atoms with Gasteiger partial charge in [0.1, 0.15) is 23.1 Å². The molecule has 1 unspecified atom stereocenters. The van der Waals surface area contributed by atoms with E-state index in [0.717, 1.165) is 49.2 Å². The summed E-state index contributed by atoms with van der Waals surface area (Å²) in [6.07, 6.45) is 6.58. The van der Waals surface area contributed by atoms with Crippen LogP contribution in [0, 0.1) is 16.7 Å². The summed E-state index contributed by atoms with van der Waals surface area (Å²) in [5.74, 6) is 2.32. The largest absolute Gasteiger partial charge is 0.493 e. The molecule has 5 heteroatoms. The number of rotatable bonds is 18. The van der Waals surface area contributed by atoms with E-state index in [2.05, 4.69) is 63.2 Å². The van der Waals surface area contributed by atoms with Crippen LogP contribution >= 0.6 is 0 Å². The van der Waals surface area contributed by atoms with Crippen molar-refractivity contribution in [2.75, 3.05) is 19.8 Å². The zero-order valence-corrected chi connectivity index (χ0v) is 27.7. The van der Waals surface area contributed by atoms with Gasteiger partial charge >= 0.3 is 0 Å². The van der Waals surface area contributed by atoms with Gasteiger partial charge in [0.2, 0.25) is 0 Å². The van der Waals surface area contributed by atoms with Crippen molar-refractivity contribution in [1.29, 1.82) is 0 Å². The van der Waals surface area contributed by atoms with Gasteiger partial charge in [0.15, 0.2) is 0 Å². The first-order chi connectivity index (χ1) is 20.5. The maximum Gasteiger partial charge on any atom is 0.137 e. The van der Waals surface area contributed by atoms with Gasteiger partial charge in [-0.1, -0.05) is 51.1 Å². The van der Waals surface area contributed by atoms with E-state index < -0.39 is 5.41 Å². The maximum absolute atomic E-state index is 14.4. The smallest absolute Gasteiger partial charge is 0.137 e. The lowest BCUT2D eigenvalue weighted by molar-refractivity contribution is -0.151. The zero-order valence-electron chi connectivity index (χ0n) is 27.7. The lowest BCUT2D eigenvalue weighted by atomic mass is 9.60. The summed E-state index contributed by atoms with van der Waals surface area (Å²) in [4.78, 5) is 27.3. The van der Waals surface area contributed by atoms with Gasteiger partial charge in [-0.05, 0) is 113 Å². The van der Waals surface area contributed by atoms with Gasteiger partial charge in [-0.15, -0.1) is 0 Å². The van der Waals surface area contributed by atoms with E-state index >= 15 is 0 Å². The summed E-state index contributed by atoms with van der Waals surface area (Å²) in [5.41, 5.74) is 2.99. The molecule has 0 amide bonds. The van der Waals surface area contributed by atoms with Crippen molar-refractivity contribution >= 4 is 11.6 Å². The second-order valence-electron chi connectivity index (χ2n) is 13.8. The molecule has 0 bridgehead atoms. The number of benzene rings is 2. The molecule has 0 spiro atoms. The SMILES string of the molecule is CCOc1cc([C@@H](C)C(CCC(C)(C)Cc2ccccc2)C(=O)CC2(C(C)=O)CC(OCC)C2)cc(OCC)c1C1CC1. The standard InChI is InChI=1S/C38H54O5/c1-8-41-31-23-38(24-31,27(5)39)25-33(40)32(18-19-37(6,7)22-28-14-12-11-13-15-28)26(4)30-20-34(42-9-2)36(29-16-17-29)35(21-30)43-10-3/h11-15,20-21,26,29,31-32H,8-10,16-19,22-25H2,1-7H3/t26-,31?,32?,38?/m1/s1. The lowest BCUT2D eigenvalue weighted by Gasteiger charge is -2.46. The highest BCUT2D eigenvalue weighted by molar-refractivity contribution is 5.92. The number of carbonyl (C=O) groups is 2. The number of hydrogen-bond acceptors (Lipinski definition) is 5. The molecule has 0 heterocycles. The second-order valence-corrected chi connectivity index (χ2v) is 13.8. The van der Waals surface area contributed by atoms with Crippen molar-refractivity contribution < 1.29 is 23.8 Å². The van der Waals surface area contributed by atoms with Gasteiger partial charge in [0, 0.05) is 29.9 Å². The molecule has 2 aliphatic carbocycles. The average Bonchev–Trinajstić information content (AvgIpc) is 3.77. The molecule has 2 aromatic rings. The number of Topliss-reactive ketones (excluding diaryl/α,β-unsaturated/α-hetero) is 2. The maximum atomic E-state index is 14.4. The number of ether oxygens (including phenoxy) is 3. The van der Waals surface area contributed by atoms with E-state index in [1.165, 1.54) is 11.1 Å². The fraction of sp³-hybridized carbons (Fsp3) is 0.632. The van der Waals surface area contributed by atoms with Crippen LogP contribution in [0.2, 0.25) is 0 Å². The minimum atomic E-state index is -0.600. The lowest BCUT2D eigenvalue weighted by Crippen LogP contribution is -2.49. The van der Waals surface area contributed by atoms with Gasteiger partial charge in [-0.25, -0.2) is 0 Å². The van der Waals surface area contributed by atoms with Crippen LogP contribution in [0.3, 0.4) is 0 Å². The van der Waals surface area contributed by atoms with Crippen LogP contribution < -0.4 is 9.47 Å². The van der Waals surface area contributed by atoms with Crippen LogP contribution in [0.25, 0.3) is 0 Å². The van der Waals surface area contributed by atoms with E-state index in [0.29, 0.717) is 38.6 Å². The molecule has 2 aromatic carbocycles. The predicted molar refractivity (Wildman–Crippen MR) is 173 cm³/mol. The Bertz CT molecular complexity index is 1200. The van der Waals surface area contributed by atoms with Gasteiger partial charge in [0.05, 0.1) is 19.3 Å². The summed E-state index contributed by atoms with van der Waals surface area (Å²) >= 11 is 0. The monoisotopic (exact) mass is 590 g/mol. The van der Waals surface area contributed by atoms with Crippen LogP contribution in [0.15, 0.2) is 42.5 Å². The topological polar surface area (TPSA) is 61.8 Å². The van der Waals surface area contributed by atoms with Crippen LogP contribution in [-0.2, 0) is 20.7 Å². The van der Waals surface area contributed by atoms with Crippen molar-refractivity contribution in [2.24, 2.45) is 16.7 Å². The average molecular weight is 591 g/mol. The summed E-state index contributed by atoms with van der Waals surface area (Å²) in [7, 11) is 0. The quantitative estimate of drug-likeness (QED) is 0.174. The molecule has 5 nitrogen and oxygen atoms in total. The van der Waals surface area contributed by atoms with Crippen molar-refractivity contribution in [1.82, 2.24) is 0 Å². The molecular formula is C38H54O5. The summed E-state index contributed by atoms with van der Waals surface area (Å²) < 4.78 is 18.2. The molecule has 0 aliphatic heterocycles. The Hall–Kier alpha value is -2.66. The van der Waals surface area contributed by atoms with E-state index in [-0.39, 0.29) is 41.3 Å². The summed E-state index contributed by atoms with van der Waals surface area (Å²) in [5, 5.41) is 0. The fourth-order valence-corrected chi connectivity index (χ4v) is 7.10. The first-order valence-electron chi connectivity index (χ1n) is 16.6. The van der Waals surface area contributed by atoms with E-state index in [1.54, 1.807) is 6.92 Å². The summed E-state index contributed by atoms with van der Waals surface area (Å²) in [6.45, 7) is 16.2. The molecule has 2 atom stereocenters. The Morgan fingerprint density at radius 1 is 0.953 bits per heavy atom. The minimum absolute atomic E-state index is 0.0250. The minimum Gasteiger partial charge on any atom is -0.493 e. The molecule has 2 aliphatic rings. The normalized spacial score (nSPS) is 21.5. The Labute approximate surface area is 260 Å². The van der Waals surface area contributed by atoms with Crippen LogP contribution in [0.1, 0.15) is 122 Å². The Kier molecular flexibility index (Phi) is 11.1. The third-order valence-corrected chi connectivity index (χ3v) is 9.81. The highest BCUT2D eigenvalue weighted by Gasteiger charge is 2.50. The van der Waals surface area contributed by atoms with Crippen LogP contribution in [-0.4, -0.2) is 37.5 Å². The molecule has 236 valence electrons. The molecule has 0 aromatic heterocycles. The number of ketones is 2. The Morgan fingerprint density at radius 2 is 1.56 bits per heavy atom. The van der Waals surface area contributed by atoms with E-state index in [4.69, 9.17) is 14.2 Å². The second kappa shape index (κ2) is 14.4. The molecule has 0 radical (unpaired) electrons. The predicted octanol–water partition coefficient (Wildman–Crippen LogP) is 8.86. The van der Waals surface area contributed by atoms with Crippen molar-refractivity contribution in [2.45, 2.75) is 118 Å².